The van der Waals surface area contributed by atoms with Gasteiger partial charge in [-0.15, -0.1) is 9.35 Å². The van der Waals surface area contributed by atoms with Crippen molar-refractivity contribution in [2.45, 2.75) is 0 Å². The smallest absolute Gasteiger partial charge is 0.422 e. The van der Waals surface area contributed by atoms with Gasteiger partial charge in [0, 0.05) is 6.08 Å². The molecule has 0 rings (SSSR count). The zero-order chi connectivity index (χ0) is 14.2. The summed E-state index contributed by atoms with van der Waals surface area (Å²) in [5.41, 5.74) is 0. The van der Waals surface area contributed by atoms with Crippen molar-refractivity contribution < 1.29 is 42.8 Å². The highest BCUT2D eigenvalue weighted by atomic mass is 31.2. The van der Waals surface area contributed by atoms with Gasteiger partial charge in [0.25, 0.3) is 0 Å². The van der Waals surface area contributed by atoms with Crippen molar-refractivity contribution in [3.8, 4) is 0 Å². The van der Waals surface area contributed by atoms with E-state index in [1.165, 1.54) is 0 Å². The Hall–Kier alpha value is -1.25. The monoisotopic (exact) mass is 284 g/mol. The number of rotatable bonds is 7. The Balaban J connectivity index is 5.51. The molecule has 0 aliphatic carbocycles. The van der Waals surface area contributed by atoms with Gasteiger partial charge in [-0.3, -0.25) is 0 Å². The van der Waals surface area contributed by atoms with E-state index in [2.05, 4.69) is 28.6 Å². The van der Waals surface area contributed by atoms with Gasteiger partial charge in [0.05, 0.1) is 28.4 Å². The Morgan fingerprint density at radius 1 is 0.944 bits per heavy atom. The quantitative estimate of drug-likeness (QED) is 0.218. The molecule has 9 nitrogen and oxygen atoms in total. The van der Waals surface area contributed by atoms with Crippen molar-refractivity contribution >= 4 is 19.5 Å². The van der Waals surface area contributed by atoms with Gasteiger partial charge in [-0.05, 0) is 0 Å². The Labute approximate surface area is 103 Å². The first-order chi connectivity index (χ1) is 8.45. The first-order valence-corrected chi connectivity index (χ1v) is 5.92. The average molecular weight is 284 g/mol. The molecule has 0 fully saturated rings. The number of ether oxygens (including phenoxy) is 2. The first kappa shape index (κ1) is 16.8. The van der Waals surface area contributed by atoms with Crippen LogP contribution in [0.3, 0.4) is 0 Å². The van der Waals surface area contributed by atoms with Crippen LogP contribution in [-0.2, 0) is 42.8 Å². The van der Waals surface area contributed by atoms with Crippen molar-refractivity contribution in [3.05, 3.63) is 11.4 Å². The fourth-order valence-electron chi connectivity index (χ4n) is 0.814. The lowest BCUT2D eigenvalue weighted by molar-refractivity contribution is -0.240. The molecule has 0 spiro atoms. The van der Waals surface area contributed by atoms with Crippen LogP contribution in [0.2, 0.25) is 0 Å². The normalized spacial score (nSPS) is 12.1. The molecule has 104 valence electrons. The molecule has 0 bridgehead atoms. The molecule has 0 N–H and O–H groups in total. The molecular weight excluding hydrogens is 271 g/mol. The molecule has 0 saturated heterocycles. The highest BCUT2D eigenvalue weighted by Crippen LogP contribution is 2.56. The minimum atomic E-state index is -4.33. The van der Waals surface area contributed by atoms with Gasteiger partial charge in [-0.2, -0.15) is 0 Å². The first-order valence-electron chi connectivity index (χ1n) is 4.38. The number of esters is 2. The summed E-state index contributed by atoms with van der Waals surface area (Å²) in [5, 5.41) is -0.736. The standard InChI is InChI=1S/C8H13O9P/c1-12-7(9)5-6(8(10)13-2)18(11,16-14-3)17-15-4/h5H,1-4H3/b6-5+. The van der Waals surface area contributed by atoms with Gasteiger partial charge in [0.1, 0.15) is 0 Å². The highest BCUT2D eigenvalue weighted by molar-refractivity contribution is 7.59. The van der Waals surface area contributed by atoms with Crippen LogP contribution in [0.4, 0.5) is 0 Å². The Kier molecular flexibility index (Phi) is 7.41. The summed E-state index contributed by atoms with van der Waals surface area (Å²) in [6.07, 6.45) is 0.588. The molecular formula is C8H13O9P. The molecule has 0 unspecified atom stereocenters. The summed E-state index contributed by atoms with van der Waals surface area (Å²) < 4.78 is 29.4. The highest BCUT2D eigenvalue weighted by Gasteiger charge is 2.40. The minimum Gasteiger partial charge on any atom is -0.466 e. The van der Waals surface area contributed by atoms with E-state index >= 15 is 0 Å². The predicted molar refractivity (Wildman–Crippen MR) is 55.9 cm³/mol. The van der Waals surface area contributed by atoms with E-state index < -0.39 is 24.8 Å². The molecule has 0 aliphatic rings. The molecule has 0 aromatic carbocycles. The van der Waals surface area contributed by atoms with Crippen LogP contribution in [0.5, 0.6) is 0 Å². The van der Waals surface area contributed by atoms with Crippen molar-refractivity contribution in [2.24, 2.45) is 0 Å². The van der Waals surface area contributed by atoms with Crippen LogP contribution in [-0.4, -0.2) is 40.4 Å². The maximum absolute atomic E-state index is 12.1. The summed E-state index contributed by atoms with van der Waals surface area (Å²) >= 11 is 0. The number of hydrogen-bond acceptors (Lipinski definition) is 9. The summed E-state index contributed by atoms with van der Waals surface area (Å²) in [6.45, 7) is 0. The number of methoxy groups -OCH3 is 2. The Morgan fingerprint density at radius 2 is 1.44 bits per heavy atom. The van der Waals surface area contributed by atoms with Crippen molar-refractivity contribution in [1.82, 2.24) is 0 Å². The van der Waals surface area contributed by atoms with Crippen LogP contribution in [0.1, 0.15) is 0 Å². The van der Waals surface area contributed by atoms with E-state index in [0.29, 0.717) is 6.08 Å². The minimum absolute atomic E-state index is 0.588. The Morgan fingerprint density at radius 3 is 1.78 bits per heavy atom. The van der Waals surface area contributed by atoms with Crippen LogP contribution in [0, 0.1) is 0 Å². The molecule has 0 aromatic rings. The van der Waals surface area contributed by atoms with Gasteiger partial charge in [0.15, 0.2) is 5.31 Å². The molecule has 0 atom stereocenters. The fraction of sp³-hybridized carbons (Fsp3) is 0.500. The summed E-state index contributed by atoms with van der Waals surface area (Å²) in [5.74, 6) is -2.09. The molecule has 0 amide bonds. The predicted octanol–water partition coefficient (Wildman–Crippen LogP) is 0.565. The van der Waals surface area contributed by atoms with Gasteiger partial charge >= 0.3 is 19.5 Å². The lowest BCUT2D eigenvalue weighted by Gasteiger charge is -2.15. The third-order valence-corrected chi connectivity index (χ3v) is 3.08. The van der Waals surface area contributed by atoms with Crippen molar-refractivity contribution in [2.75, 3.05) is 28.4 Å². The van der Waals surface area contributed by atoms with E-state index in [1.807, 2.05) is 0 Å². The van der Waals surface area contributed by atoms with Gasteiger partial charge in [-0.1, -0.05) is 0 Å². The molecule has 0 saturated carbocycles. The molecule has 0 heterocycles. The molecule has 0 aliphatic heterocycles. The van der Waals surface area contributed by atoms with Crippen molar-refractivity contribution in [3.63, 3.8) is 0 Å². The maximum atomic E-state index is 12.1. The van der Waals surface area contributed by atoms with Crippen molar-refractivity contribution in [1.29, 1.82) is 0 Å². The van der Waals surface area contributed by atoms with E-state index in [-0.39, 0.29) is 0 Å². The summed E-state index contributed by atoms with van der Waals surface area (Å²) in [7, 11) is -0.201. The fourth-order valence-corrected chi connectivity index (χ4v) is 1.97. The third kappa shape index (κ3) is 4.55. The van der Waals surface area contributed by atoms with Gasteiger partial charge in [-0.25, -0.2) is 23.9 Å². The molecule has 18 heavy (non-hydrogen) atoms. The Bertz CT molecular complexity index is 365. The third-order valence-electron chi connectivity index (χ3n) is 1.49. The SMILES string of the molecule is COOP(=O)(OOC)/C(=C/C(=O)OC)C(=O)OC. The number of carbonyl (C=O) groups is 2. The van der Waals surface area contributed by atoms with Crippen LogP contribution >= 0.6 is 7.60 Å². The molecule has 0 radical (unpaired) electrons. The van der Waals surface area contributed by atoms with E-state index in [1.54, 1.807) is 0 Å². The molecule has 0 aromatic heterocycles. The van der Waals surface area contributed by atoms with Gasteiger partial charge in [0.2, 0.25) is 0 Å². The second-order valence-corrected chi connectivity index (χ2v) is 4.30. The van der Waals surface area contributed by atoms with E-state index in [4.69, 9.17) is 0 Å². The zero-order valence-corrected chi connectivity index (χ0v) is 11.1. The van der Waals surface area contributed by atoms with Gasteiger partial charge < -0.3 is 9.47 Å². The maximum Gasteiger partial charge on any atom is 0.422 e. The topological polar surface area (TPSA) is 107 Å². The zero-order valence-electron chi connectivity index (χ0n) is 10.2. The number of carbonyl (C=O) groups excluding carboxylic acids is 2. The van der Waals surface area contributed by atoms with Crippen LogP contribution in [0.15, 0.2) is 11.4 Å². The molecule has 10 heteroatoms. The van der Waals surface area contributed by atoms with Crippen LogP contribution < -0.4 is 0 Å². The number of hydrogen-bond donors (Lipinski definition) is 0. The van der Waals surface area contributed by atoms with Crippen LogP contribution in [0.25, 0.3) is 0 Å². The van der Waals surface area contributed by atoms with E-state index in [0.717, 1.165) is 28.4 Å². The second kappa shape index (κ2) is 7.96. The summed E-state index contributed by atoms with van der Waals surface area (Å²) in [4.78, 5) is 30.9. The van der Waals surface area contributed by atoms with E-state index in [9.17, 15) is 14.2 Å². The lowest BCUT2D eigenvalue weighted by atomic mass is 10.5. The second-order valence-electron chi connectivity index (χ2n) is 2.52. The lowest BCUT2D eigenvalue weighted by Crippen LogP contribution is -2.12. The average Bonchev–Trinajstić information content (AvgIpc) is 2.35. The summed E-state index contributed by atoms with van der Waals surface area (Å²) in [6, 6.07) is 0. The largest absolute Gasteiger partial charge is 0.466 e.